The molecular weight excluding hydrogens is 178 g/mol. The van der Waals surface area contributed by atoms with E-state index in [-0.39, 0.29) is 0 Å². The predicted octanol–water partition coefficient (Wildman–Crippen LogP) is 1.57. The molecule has 0 unspecified atom stereocenters. The van der Waals surface area contributed by atoms with Crippen LogP contribution in [-0.4, -0.2) is 31.8 Å². The van der Waals surface area contributed by atoms with Gasteiger partial charge < -0.3 is 15.4 Å². The fraction of sp³-hybridized carbons (Fsp3) is 0.500. The van der Waals surface area contributed by atoms with E-state index in [2.05, 4.69) is 15.6 Å². The average molecular weight is 195 g/mol. The maximum Gasteiger partial charge on any atom is 0.128 e. The molecule has 1 heterocycles. The second-order valence-corrected chi connectivity index (χ2v) is 2.86. The summed E-state index contributed by atoms with van der Waals surface area (Å²) in [5.74, 6) is 1.77. The molecule has 0 aliphatic heterocycles. The summed E-state index contributed by atoms with van der Waals surface area (Å²) in [4.78, 5) is 4.36. The van der Waals surface area contributed by atoms with Crippen molar-refractivity contribution in [3.63, 3.8) is 0 Å². The van der Waals surface area contributed by atoms with Gasteiger partial charge in [0.1, 0.15) is 11.6 Å². The molecule has 4 heteroatoms. The summed E-state index contributed by atoms with van der Waals surface area (Å²) < 4.78 is 4.94. The summed E-state index contributed by atoms with van der Waals surface area (Å²) in [7, 11) is 1.68. The Kier molecular flexibility index (Phi) is 4.78. The molecule has 2 N–H and O–H groups in total. The van der Waals surface area contributed by atoms with E-state index < -0.39 is 0 Å². The van der Waals surface area contributed by atoms with Crippen molar-refractivity contribution >= 4 is 11.6 Å². The lowest BCUT2D eigenvalue weighted by molar-refractivity contribution is 0.210. The molecule has 0 saturated carbocycles. The van der Waals surface area contributed by atoms with Crippen LogP contribution in [0.3, 0.4) is 0 Å². The van der Waals surface area contributed by atoms with Gasteiger partial charge in [0.25, 0.3) is 0 Å². The van der Waals surface area contributed by atoms with Gasteiger partial charge in [-0.1, -0.05) is 6.07 Å². The Morgan fingerprint density at radius 1 is 1.29 bits per heavy atom. The Morgan fingerprint density at radius 2 is 2.00 bits per heavy atom. The summed E-state index contributed by atoms with van der Waals surface area (Å²) in [6, 6.07) is 5.86. The topological polar surface area (TPSA) is 46.2 Å². The first-order valence-electron chi connectivity index (χ1n) is 4.80. The Morgan fingerprint density at radius 3 is 2.64 bits per heavy atom. The van der Waals surface area contributed by atoms with Crippen LogP contribution < -0.4 is 10.6 Å². The van der Waals surface area contributed by atoms with Crippen LogP contribution in [0.15, 0.2) is 18.2 Å². The highest BCUT2D eigenvalue weighted by molar-refractivity contribution is 5.44. The van der Waals surface area contributed by atoms with Gasteiger partial charge in [-0.15, -0.1) is 0 Å². The minimum absolute atomic E-state index is 0.688. The molecule has 14 heavy (non-hydrogen) atoms. The first-order chi connectivity index (χ1) is 6.86. The lowest BCUT2D eigenvalue weighted by Gasteiger charge is -2.07. The van der Waals surface area contributed by atoms with Crippen LogP contribution in [0, 0.1) is 0 Å². The van der Waals surface area contributed by atoms with E-state index in [9.17, 15) is 0 Å². The number of methoxy groups -OCH3 is 1. The minimum atomic E-state index is 0.688. The molecular formula is C10H17N3O. The second-order valence-electron chi connectivity index (χ2n) is 2.86. The monoisotopic (exact) mass is 195 g/mol. The van der Waals surface area contributed by atoms with E-state index in [1.165, 1.54) is 0 Å². The molecule has 78 valence electrons. The number of ether oxygens (including phenoxy) is 1. The summed E-state index contributed by atoms with van der Waals surface area (Å²) in [5, 5.41) is 6.32. The van der Waals surface area contributed by atoms with E-state index in [4.69, 9.17) is 4.74 Å². The molecule has 0 amide bonds. The maximum absolute atomic E-state index is 4.94. The largest absolute Gasteiger partial charge is 0.383 e. The second kappa shape index (κ2) is 6.21. The van der Waals surface area contributed by atoms with Crippen molar-refractivity contribution in [2.75, 3.05) is 37.4 Å². The molecule has 0 radical (unpaired) electrons. The lowest BCUT2D eigenvalue weighted by Crippen LogP contribution is -2.09. The van der Waals surface area contributed by atoms with E-state index in [1.54, 1.807) is 7.11 Å². The van der Waals surface area contributed by atoms with E-state index in [1.807, 2.05) is 25.1 Å². The van der Waals surface area contributed by atoms with Gasteiger partial charge in [0, 0.05) is 20.2 Å². The van der Waals surface area contributed by atoms with Crippen molar-refractivity contribution in [3.05, 3.63) is 18.2 Å². The van der Waals surface area contributed by atoms with Gasteiger partial charge in [-0.25, -0.2) is 4.98 Å². The highest BCUT2D eigenvalue weighted by Gasteiger charge is 1.94. The van der Waals surface area contributed by atoms with Crippen molar-refractivity contribution in [1.29, 1.82) is 0 Å². The number of pyridine rings is 1. The lowest BCUT2D eigenvalue weighted by atomic mass is 10.4. The summed E-state index contributed by atoms with van der Waals surface area (Å²) in [6.45, 7) is 4.40. The van der Waals surface area contributed by atoms with Crippen molar-refractivity contribution in [1.82, 2.24) is 4.98 Å². The number of hydrogen-bond donors (Lipinski definition) is 2. The van der Waals surface area contributed by atoms with Crippen molar-refractivity contribution < 1.29 is 4.74 Å². The zero-order chi connectivity index (χ0) is 10.2. The number of aromatic nitrogens is 1. The molecule has 0 fully saturated rings. The van der Waals surface area contributed by atoms with E-state index in [0.717, 1.165) is 24.7 Å². The van der Waals surface area contributed by atoms with Crippen molar-refractivity contribution in [2.45, 2.75) is 6.92 Å². The van der Waals surface area contributed by atoms with Crippen LogP contribution in [-0.2, 0) is 4.74 Å². The molecule has 0 saturated heterocycles. The van der Waals surface area contributed by atoms with Crippen LogP contribution in [0.1, 0.15) is 6.92 Å². The smallest absolute Gasteiger partial charge is 0.128 e. The zero-order valence-corrected chi connectivity index (χ0v) is 8.71. The quantitative estimate of drug-likeness (QED) is 0.676. The van der Waals surface area contributed by atoms with Crippen molar-refractivity contribution in [2.24, 2.45) is 0 Å². The van der Waals surface area contributed by atoms with Crippen LogP contribution in [0.2, 0.25) is 0 Å². The molecule has 0 bridgehead atoms. The standard InChI is InChI=1S/C10H17N3O/c1-3-11-9-5-4-6-10(13-9)12-7-8-14-2/h4-6H,3,7-8H2,1-2H3,(H2,11,12,13). The number of nitrogens with zero attached hydrogens (tertiary/aromatic N) is 1. The van der Waals surface area contributed by atoms with Gasteiger partial charge in [0.05, 0.1) is 6.61 Å². The first-order valence-corrected chi connectivity index (χ1v) is 4.80. The number of rotatable bonds is 6. The molecule has 1 rings (SSSR count). The maximum atomic E-state index is 4.94. The van der Waals surface area contributed by atoms with E-state index in [0.29, 0.717) is 6.61 Å². The highest BCUT2D eigenvalue weighted by Crippen LogP contribution is 2.08. The first kappa shape index (κ1) is 10.8. The molecule has 0 aliphatic rings. The fourth-order valence-corrected chi connectivity index (χ4v) is 1.09. The van der Waals surface area contributed by atoms with Gasteiger partial charge in [-0.3, -0.25) is 0 Å². The molecule has 0 spiro atoms. The van der Waals surface area contributed by atoms with E-state index >= 15 is 0 Å². The van der Waals surface area contributed by atoms with Gasteiger partial charge in [0.15, 0.2) is 0 Å². The normalized spacial score (nSPS) is 9.86. The summed E-state index contributed by atoms with van der Waals surface area (Å²) >= 11 is 0. The summed E-state index contributed by atoms with van der Waals surface area (Å²) in [6.07, 6.45) is 0. The zero-order valence-electron chi connectivity index (χ0n) is 8.71. The molecule has 4 nitrogen and oxygen atoms in total. The number of hydrogen-bond acceptors (Lipinski definition) is 4. The van der Waals surface area contributed by atoms with Crippen LogP contribution in [0.5, 0.6) is 0 Å². The van der Waals surface area contributed by atoms with Gasteiger partial charge in [-0.2, -0.15) is 0 Å². The third-order valence-corrected chi connectivity index (χ3v) is 1.72. The number of anilines is 2. The Balaban J connectivity index is 2.46. The van der Waals surface area contributed by atoms with Crippen LogP contribution in [0.4, 0.5) is 11.6 Å². The van der Waals surface area contributed by atoms with Gasteiger partial charge >= 0.3 is 0 Å². The van der Waals surface area contributed by atoms with Crippen LogP contribution in [0.25, 0.3) is 0 Å². The Labute approximate surface area is 84.7 Å². The SMILES string of the molecule is CCNc1cccc(NCCOC)n1. The molecule has 0 aliphatic carbocycles. The van der Waals surface area contributed by atoms with Crippen LogP contribution >= 0.6 is 0 Å². The Hall–Kier alpha value is -1.29. The predicted molar refractivity (Wildman–Crippen MR) is 58.8 cm³/mol. The highest BCUT2D eigenvalue weighted by atomic mass is 16.5. The van der Waals surface area contributed by atoms with Crippen molar-refractivity contribution in [3.8, 4) is 0 Å². The minimum Gasteiger partial charge on any atom is -0.383 e. The number of nitrogens with one attached hydrogen (secondary N) is 2. The summed E-state index contributed by atoms with van der Waals surface area (Å²) in [5.41, 5.74) is 0. The van der Waals surface area contributed by atoms with Gasteiger partial charge in [0.2, 0.25) is 0 Å². The molecule has 1 aromatic rings. The molecule has 1 aromatic heterocycles. The molecule has 0 atom stereocenters. The molecule has 0 aromatic carbocycles. The third kappa shape index (κ3) is 3.62. The third-order valence-electron chi connectivity index (χ3n) is 1.72. The Bertz CT molecular complexity index is 265. The van der Waals surface area contributed by atoms with Gasteiger partial charge in [-0.05, 0) is 19.1 Å². The fourth-order valence-electron chi connectivity index (χ4n) is 1.09. The average Bonchev–Trinajstić information content (AvgIpc) is 2.19.